The van der Waals surface area contributed by atoms with E-state index in [0.717, 1.165) is 0 Å². The third-order valence-electron chi connectivity index (χ3n) is 5.20. The second-order valence-corrected chi connectivity index (χ2v) is 6.09. The van der Waals surface area contributed by atoms with Crippen LogP contribution in [0.15, 0.2) is 66.7 Å². The van der Waals surface area contributed by atoms with E-state index in [2.05, 4.69) is 66.7 Å². The largest absolute Gasteiger partial charge is 0.351 e. The van der Waals surface area contributed by atoms with Gasteiger partial charge in [0.1, 0.15) is 6.10 Å². The maximum atomic E-state index is 6.35. The predicted octanol–water partition coefficient (Wildman–Crippen LogP) is 4.66. The van der Waals surface area contributed by atoms with Crippen molar-refractivity contribution in [3.63, 3.8) is 0 Å². The van der Waals surface area contributed by atoms with Crippen LogP contribution < -0.4 is 0 Å². The van der Waals surface area contributed by atoms with Crippen molar-refractivity contribution < 1.29 is 4.74 Å². The molecule has 1 spiro atoms. The molecular weight excluding hydrogens is 256 g/mol. The van der Waals surface area contributed by atoms with Crippen LogP contribution in [0.1, 0.15) is 22.8 Å². The summed E-state index contributed by atoms with van der Waals surface area (Å²) in [7, 11) is 0. The van der Waals surface area contributed by atoms with E-state index in [1.807, 2.05) is 0 Å². The van der Waals surface area contributed by atoms with Gasteiger partial charge in [-0.3, -0.25) is 0 Å². The SMILES string of the molecule is c1ccc2c(c1)-c1cccc3c1C1(OC21)c1ccccc1-3. The van der Waals surface area contributed by atoms with Crippen molar-refractivity contribution in [1.82, 2.24) is 0 Å². The number of fused-ring (bicyclic) bond motifs is 5. The second kappa shape index (κ2) is 3.10. The van der Waals surface area contributed by atoms with E-state index in [4.69, 9.17) is 4.74 Å². The van der Waals surface area contributed by atoms with Crippen molar-refractivity contribution in [2.75, 3.05) is 0 Å². The molecule has 0 saturated carbocycles. The van der Waals surface area contributed by atoms with Crippen molar-refractivity contribution in [2.45, 2.75) is 11.7 Å². The summed E-state index contributed by atoms with van der Waals surface area (Å²) in [6, 6.07) is 24.0. The van der Waals surface area contributed by atoms with Gasteiger partial charge in [0.05, 0.1) is 0 Å². The van der Waals surface area contributed by atoms with Crippen molar-refractivity contribution >= 4 is 0 Å². The number of rotatable bonds is 0. The fraction of sp³-hybridized carbons (Fsp3) is 0.100. The van der Waals surface area contributed by atoms with Crippen molar-refractivity contribution in [3.05, 3.63) is 83.4 Å². The normalized spacial score (nSPS) is 25.6. The third-order valence-corrected chi connectivity index (χ3v) is 5.20. The minimum Gasteiger partial charge on any atom is -0.351 e. The zero-order valence-corrected chi connectivity index (χ0v) is 11.3. The minimum atomic E-state index is -0.211. The van der Waals surface area contributed by atoms with Crippen LogP contribution in [-0.2, 0) is 10.3 Å². The Morgan fingerprint density at radius 1 is 0.667 bits per heavy atom. The third kappa shape index (κ3) is 0.969. The molecule has 0 N–H and O–H groups in total. The van der Waals surface area contributed by atoms with Crippen LogP contribution in [-0.4, -0.2) is 0 Å². The maximum absolute atomic E-state index is 6.35. The molecule has 2 atom stereocenters. The Morgan fingerprint density at radius 2 is 1.33 bits per heavy atom. The van der Waals surface area contributed by atoms with Crippen LogP contribution in [0.2, 0.25) is 0 Å². The topological polar surface area (TPSA) is 12.5 Å². The van der Waals surface area contributed by atoms with E-state index in [0.29, 0.717) is 0 Å². The zero-order chi connectivity index (χ0) is 13.6. The number of hydrogen-bond acceptors (Lipinski definition) is 1. The molecule has 0 amide bonds. The van der Waals surface area contributed by atoms with Gasteiger partial charge in [0.25, 0.3) is 0 Å². The summed E-state index contributed by atoms with van der Waals surface area (Å²) in [5.74, 6) is 0. The summed E-state index contributed by atoms with van der Waals surface area (Å²) in [5, 5.41) is 0. The molecule has 1 fully saturated rings. The number of hydrogen-bond donors (Lipinski definition) is 0. The summed E-state index contributed by atoms with van der Waals surface area (Å²) in [6.45, 7) is 0. The van der Waals surface area contributed by atoms with Gasteiger partial charge < -0.3 is 4.74 Å². The van der Waals surface area contributed by atoms with Crippen molar-refractivity contribution in [2.24, 2.45) is 0 Å². The molecule has 3 aromatic rings. The van der Waals surface area contributed by atoms with Gasteiger partial charge in [-0.05, 0) is 33.4 Å². The van der Waals surface area contributed by atoms with Gasteiger partial charge in [-0.25, -0.2) is 0 Å². The number of benzene rings is 3. The maximum Gasteiger partial charge on any atom is 0.151 e. The first-order chi connectivity index (χ1) is 10.4. The first-order valence-corrected chi connectivity index (χ1v) is 7.42. The molecule has 3 aromatic carbocycles. The molecule has 1 heteroatoms. The number of epoxide rings is 1. The first kappa shape index (κ1) is 10.4. The van der Waals surface area contributed by atoms with Gasteiger partial charge in [0.2, 0.25) is 0 Å². The molecule has 2 unspecified atom stereocenters. The molecule has 1 aliphatic heterocycles. The average molecular weight is 268 g/mol. The standard InChI is InChI=1S/C20H12O/c1-2-8-16-12(6-1)14-9-5-10-15-13-7-3-4-11-17(13)20(18(14)15)19(16)21-20/h1-11,19H. The van der Waals surface area contributed by atoms with Crippen LogP contribution >= 0.6 is 0 Å². The van der Waals surface area contributed by atoms with Crippen molar-refractivity contribution in [1.29, 1.82) is 0 Å². The minimum absolute atomic E-state index is 0.186. The van der Waals surface area contributed by atoms with Gasteiger partial charge in [-0.2, -0.15) is 0 Å². The smallest absolute Gasteiger partial charge is 0.151 e. The molecule has 1 heterocycles. The highest BCUT2D eigenvalue weighted by atomic mass is 16.6. The van der Waals surface area contributed by atoms with E-state index in [-0.39, 0.29) is 11.7 Å². The van der Waals surface area contributed by atoms with Crippen LogP contribution in [0, 0.1) is 0 Å². The molecule has 1 saturated heterocycles. The quantitative estimate of drug-likeness (QED) is 0.540. The molecule has 1 nitrogen and oxygen atoms in total. The lowest BCUT2D eigenvalue weighted by molar-refractivity contribution is 0.335. The Labute approximate surface area is 122 Å². The summed E-state index contributed by atoms with van der Waals surface area (Å²) in [6.07, 6.45) is 0.186. The van der Waals surface area contributed by atoms with E-state index < -0.39 is 0 Å². The molecule has 0 bridgehead atoms. The molecule has 3 aliphatic rings. The molecule has 2 aliphatic carbocycles. The van der Waals surface area contributed by atoms with Crippen LogP contribution in [0.25, 0.3) is 22.3 Å². The first-order valence-electron chi connectivity index (χ1n) is 7.42. The Hall–Kier alpha value is -2.38. The average Bonchev–Trinajstić information content (AvgIpc) is 3.25. The van der Waals surface area contributed by atoms with Gasteiger partial charge in [-0.15, -0.1) is 0 Å². The highest BCUT2D eigenvalue weighted by Crippen LogP contribution is 2.72. The molecule has 98 valence electrons. The van der Waals surface area contributed by atoms with Gasteiger partial charge in [0.15, 0.2) is 5.60 Å². The highest BCUT2D eigenvalue weighted by molar-refractivity contribution is 5.92. The molecule has 0 aromatic heterocycles. The lowest BCUT2D eigenvalue weighted by Crippen LogP contribution is -2.14. The number of ether oxygens (including phenoxy) is 1. The Balaban J connectivity index is 1.83. The Kier molecular flexibility index (Phi) is 1.53. The van der Waals surface area contributed by atoms with Gasteiger partial charge in [-0.1, -0.05) is 66.7 Å². The lowest BCUT2D eigenvalue weighted by atomic mass is 9.78. The van der Waals surface area contributed by atoms with Crippen LogP contribution in [0.5, 0.6) is 0 Å². The Bertz CT molecular complexity index is 934. The fourth-order valence-corrected chi connectivity index (χ4v) is 4.38. The Morgan fingerprint density at radius 3 is 2.24 bits per heavy atom. The summed E-state index contributed by atoms with van der Waals surface area (Å²) >= 11 is 0. The second-order valence-electron chi connectivity index (χ2n) is 6.09. The van der Waals surface area contributed by atoms with Crippen LogP contribution in [0.4, 0.5) is 0 Å². The summed E-state index contributed by atoms with van der Waals surface area (Å²) in [4.78, 5) is 0. The fourth-order valence-electron chi connectivity index (χ4n) is 4.38. The van der Waals surface area contributed by atoms with E-state index in [9.17, 15) is 0 Å². The molecule has 6 rings (SSSR count). The van der Waals surface area contributed by atoms with Gasteiger partial charge in [0, 0.05) is 5.56 Å². The van der Waals surface area contributed by atoms with E-state index >= 15 is 0 Å². The van der Waals surface area contributed by atoms with E-state index in [1.165, 1.54) is 38.9 Å². The predicted molar refractivity (Wildman–Crippen MR) is 81.9 cm³/mol. The summed E-state index contributed by atoms with van der Waals surface area (Å²) < 4.78 is 6.35. The molecule has 0 radical (unpaired) electrons. The summed E-state index contributed by atoms with van der Waals surface area (Å²) in [5.41, 5.74) is 9.20. The lowest BCUT2D eigenvalue weighted by Gasteiger charge is -2.21. The van der Waals surface area contributed by atoms with Crippen molar-refractivity contribution in [3.8, 4) is 22.3 Å². The highest BCUT2D eigenvalue weighted by Gasteiger charge is 2.67. The van der Waals surface area contributed by atoms with Gasteiger partial charge >= 0.3 is 0 Å². The monoisotopic (exact) mass is 268 g/mol. The zero-order valence-electron chi connectivity index (χ0n) is 11.3. The molecular formula is C20H12O. The van der Waals surface area contributed by atoms with E-state index in [1.54, 1.807) is 0 Å². The molecule has 21 heavy (non-hydrogen) atoms. The van der Waals surface area contributed by atoms with Crippen LogP contribution in [0.3, 0.4) is 0 Å².